The summed E-state index contributed by atoms with van der Waals surface area (Å²) in [6.45, 7) is 9.43. The maximum absolute atomic E-state index is 12.9. The van der Waals surface area contributed by atoms with Crippen molar-refractivity contribution in [2.24, 2.45) is 5.92 Å². The van der Waals surface area contributed by atoms with E-state index < -0.39 is 0 Å². The molecule has 0 saturated carbocycles. The highest BCUT2D eigenvalue weighted by molar-refractivity contribution is 7.15. The maximum atomic E-state index is 12.9. The van der Waals surface area contributed by atoms with E-state index in [4.69, 9.17) is 4.98 Å². The van der Waals surface area contributed by atoms with Crippen LogP contribution in [-0.4, -0.2) is 47.9 Å². The van der Waals surface area contributed by atoms with Crippen LogP contribution < -0.4 is 10.2 Å². The fourth-order valence-corrected chi connectivity index (χ4v) is 5.52. The Morgan fingerprint density at radius 1 is 1.16 bits per heavy atom. The number of anilines is 2. The molecule has 1 N–H and O–H groups in total. The average molecular weight is 441 g/mol. The Kier molecular flexibility index (Phi) is 6.60. The number of nitrogens with zero attached hydrogens (tertiary/aromatic N) is 3. The molecule has 2 amide bonds. The molecule has 0 bridgehead atoms. The zero-order valence-electron chi connectivity index (χ0n) is 18.7. The molecule has 1 unspecified atom stereocenters. The lowest BCUT2D eigenvalue weighted by molar-refractivity contribution is -0.131. The van der Waals surface area contributed by atoms with E-state index in [0.717, 1.165) is 62.0 Å². The summed E-state index contributed by atoms with van der Waals surface area (Å²) in [5, 5.41) is 4.14. The number of piperazine rings is 1. The summed E-state index contributed by atoms with van der Waals surface area (Å²) in [6.07, 6.45) is 3.02. The molecule has 1 saturated heterocycles. The molecule has 166 valence electrons. The van der Waals surface area contributed by atoms with E-state index >= 15 is 0 Å². The Balaban J connectivity index is 1.35. The second-order valence-electron chi connectivity index (χ2n) is 8.79. The number of carbonyl (C=O) groups is 2. The van der Waals surface area contributed by atoms with Gasteiger partial charge in [-0.3, -0.25) is 9.59 Å². The third-order valence-corrected chi connectivity index (χ3v) is 7.53. The molecular weight excluding hydrogens is 408 g/mol. The Bertz CT molecular complexity index is 930. The highest BCUT2D eigenvalue weighted by atomic mass is 32.1. The minimum Gasteiger partial charge on any atom is -0.345 e. The molecule has 2 aromatic rings. The van der Waals surface area contributed by atoms with E-state index in [-0.39, 0.29) is 17.7 Å². The molecule has 31 heavy (non-hydrogen) atoms. The van der Waals surface area contributed by atoms with E-state index in [9.17, 15) is 9.59 Å². The number of aryl methyl sites for hydroxylation is 1. The average Bonchev–Trinajstić information content (AvgIpc) is 3.22. The fraction of sp³-hybridized carbons (Fsp3) is 0.542. The largest absolute Gasteiger partial charge is 0.345 e. The number of thiazole rings is 1. The summed E-state index contributed by atoms with van der Waals surface area (Å²) < 4.78 is 0. The van der Waals surface area contributed by atoms with Gasteiger partial charge < -0.3 is 15.1 Å². The Hall–Kier alpha value is -2.41. The normalized spacial score (nSPS) is 18.8. The van der Waals surface area contributed by atoms with Gasteiger partial charge in [0.25, 0.3) is 0 Å². The van der Waals surface area contributed by atoms with Crippen LogP contribution in [-0.2, 0) is 22.4 Å². The summed E-state index contributed by atoms with van der Waals surface area (Å²) in [5.74, 6) is 0.803. The van der Waals surface area contributed by atoms with Crippen LogP contribution in [0.5, 0.6) is 0 Å². The zero-order valence-corrected chi connectivity index (χ0v) is 19.5. The van der Waals surface area contributed by atoms with Gasteiger partial charge in [0, 0.05) is 49.1 Å². The molecule has 2 heterocycles. The predicted molar refractivity (Wildman–Crippen MR) is 126 cm³/mol. The topological polar surface area (TPSA) is 65.5 Å². The molecule has 1 atom stereocenters. The first kappa shape index (κ1) is 21.8. The van der Waals surface area contributed by atoms with Crippen LogP contribution in [0.25, 0.3) is 0 Å². The van der Waals surface area contributed by atoms with Crippen LogP contribution in [0.2, 0.25) is 0 Å². The van der Waals surface area contributed by atoms with Gasteiger partial charge in [-0.25, -0.2) is 4.98 Å². The number of hydrogen-bond acceptors (Lipinski definition) is 5. The van der Waals surface area contributed by atoms with Gasteiger partial charge in [0.05, 0.1) is 5.69 Å². The van der Waals surface area contributed by atoms with Crippen LogP contribution in [0, 0.1) is 5.92 Å². The van der Waals surface area contributed by atoms with Crippen molar-refractivity contribution in [3.05, 3.63) is 40.4 Å². The van der Waals surface area contributed by atoms with Gasteiger partial charge in [0.1, 0.15) is 0 Å². The molecule has 1 aliphatic carbocycles. The van der Waals surface area contributed by atoms with Gasteiger partial charge in [0.15, 0.2) is 5.13 Å². The van der Waals surface area contributed by atoms with Gasteiger partial charge in [0.2, 0.25) is 11.8 Å². The molecule has 7 heteroatoms. The van der Waals surface area contributed by atoms with Crippen molar-refractivity contribution in [2.45, 2.75) is 52.4 Å². The molecule has 0 spiro atoms. The predicted octanol–water partition coefficient (Wildman–Crippen LogP) is 4.07. The first-order valence-electron chi connectivity index (χ1n) is 11.4. The van der Waals surface area contributed by atoms with E-state index in [2.05, 4.69) is 36.2 Å². The number of fused-ring (bicyclic) bond motifs is 1. The van der Waals surface area contributed by atoms with E-state index in [1.807, 2.05) is 24.0 Å². The van der Waals surface area contributed by atoms with Crippen molar-refractivity contribution >= 4 is 34.0 Å². The van der Waals surface area contributed by atoms with E-state index in [1.54, 1.807) is 11.3 Å². The summed E-state index contributed by atoms with van der Waals surface area (Å²) >= 11 is 1.72. The van der Waals surface area contributed by atoms with Crippen molar-refractivity contribution in [2.75, 3.05) is 36.4 Å². The van der Waals surface area contributed by atoms with Crippen LogP contribution >= 0.6 is 11.3 Å². The molecule has 1 aromatic carbocycles. The number of amides is 2. The molecule has 2 aliphatic rings. The van der Waals surface area contributed by atoms with Crippen LogP contribution in [0.1, 0.15) is 55.7 Å². The first-order chi connectivity index (χ1) is 14.9. The number of carbonyl (C=O) groups excluding carboxylic acids is 2. The third-order valence-electron chi connectivity index (χ3n) is 6.35. The SMILES string of the molecule is CCC(=O)N1CCN(c2nc3c(s2)CC(C(=O)Nc2ccc(C(C)C)cc2)CC3)CC1. The Labute approximate surface area is 188 Å². The standard InChI is InChI=1S/C24H32N4O2S/c1-4-22(29)27-11-13-28(14-12-27)24-26-20-10-7-18(15-21(20)31-24)23(30)25-19-8-5-17(6-9-19)16(2)3/h5-6,8-9,16,18H,4,7,10-15H2,1-3H3,(H,25,30). The number of benzene rings is 1. The second-order valence-corrected chi connectivity index (χ2v) is 9.86. The maximum Gasteiger partial charge on any atom is 0.227 e. The third kappa shape index (κ3) is 4.92. The van der Waals surface area contributed by atoms with Crippen LogP contribution in [0.15, 0.2) is 24.3 Å². The Morgan fingerprint density at radius 3 is 2.52 bits per heavy atom. The molecule has 4 rings (SSSR count). The van der Waals surface area contributed by atoms with Crippen molar-refractivity contribution in [3.8, 4) is 0 Å². The van der Waals surface area contributed by atoms with Gasteiger partial charge >= 0.3 is 0 Å². The molecule has 1 fully saturated rings. The van der Waals surface area contributed by atoms with Crippen LogP contribution in [0.3, 0.4) is 0 Å². The van der Waals surface area contributed by atoms with Gasteiger partial charge in [-0.15, -0.1) is 11.3 Å². The van der Waals surface area contributed by atoms with Crippen molar-refractivity contribution in [1.82, 2.24) is 9.88 Å². The Morgan fingerprint density at radius 2 is 1.87 bits per heavy atom. The number of nitrogens with one attached hydrogen (secondary N) is 1. The smallest absolute Gasteiger partial charge is 0.227 e. The molecule has 6 nitrogen and oxygen atoms in total. The fourth-order valence-electron chi connectivity index (χ4n) is 4.29. The highest BCUT2D eigenvalue weighted by Gasteiger charge is 2.29. The summed E-state index contributed by atoms with van der Waals surface area (Å²) in [5.41, 5.74) is 3.29. The van der Waals surface area contributed by atoms with E-state index in [1.165, 1.54) is 10.4 Å². The van der Waals surface area contributed by atoms with Crippen molar-refractivity contribution in [3.63, 3.8) is 0 Å². The zero-order chi connectivity index (χ0) is 22.0. The lowest BCUT2D eigenvalue weighted by Crippen LogP contribution is -2.48. The highest BCUT2D eigenvalue weighted by Crippen LogP contribution is 2.35. The lowest BCUT2D eigenvalue weighted by Gasteiger charge is -2.34. The first-order valence-corrected chi connectivity index (χ1v) is 12.2. The van der Waals surface area contributed by atoms with E-state index in [0.29, 0.717) is 12.3 Å². The number of aromatic nitrogens is 1. The summed E-state index contributed by atoms with van der Waals surface area (Å²) in [7, 11) is 0. The monoisotopic (exact) mass is 440 g/mol. The number of hydrogen-bond donors (Lipinski definition) is 1. The lowest BCUT2D eigenvalue weighted by atomic mass is 9.90. The number of rotatable bonds is 5. The molecule has 1 aromatic heterocycles. The van der Waals surface area contributed by atoms with Crippen LogP contribution in [0.4, 0.5) is 10.8 Å². The second kappa shape index (κ2) is 9.39. The minimum absolute atomic E-state index is 0.00963. The molecular formula is C24H32N4O2S. The summed E-state index contributed by atoms with van der Waals surface area (Å²) in [6, 6.07) is 8.16. The minimum atomic E-state index is -0.00963. The van der Waals surface area contributed by atoms with Crippen molar-refractivity contribution < 1.29 is 9.59 Å². The van der Waals surface area contributed by atoms with Crippen molar-refractivity contribution in [1.29, 1.82) is 0 Å². The van der Waals surface area contributed by atoms with Gasteiger partial charge in [-0.1, -0.05) is 32.9 Å². The quantitative estimate of drug-likeness (QED) is 0.761. The van der Waals surface area contributed by atoms with Gasteiger partial charge in [-0.05, 0) is 42.9 Å². The van der Waals surface area contributed by atoms with Gasteiger partial charge in [-0.2, -0.15) is 0 Å². The molecule has 0 radical (unpaired) electrons. The molecule has 1 aliphatic heterocycles. The summed E-state index contributed by atoms with van der Waals surface area (Å²) in [4.78, 5) is 35.1.